The fraction of sp³-hybridized carbons (Fsp3) is 0.333. The molecule has 1 heterocycles. The van der Waals surface area contributed by atoms with Crippen LogP contribution in [-0.4, -0.2) is 44.3 Å². The van der Waals surface area contributed by atoms with Crippen LogP contribution in [-0.2, 0) is 25.8 Å². The van der Waals surface area contributed by atoms with E-state index >= 15 is 0 Å². The highest BCUT2D eigenvalue weighted by Crippen LogP contribution is 2.30. The van der Waals surface area contributed by atoms with Crippen LogP contribution in [0.25, 0.3) is 0 Å². The normalized spacial score (nSPS) is 15.3. The van der Waals surface area contributed by atoms with Gasteiger partial charge in [-0.05, 0) is 43.2 Å². The number of rotatable bonds is 6. The number of nitrogens with zero attached hydrogens (tertiary/aromatic N) is 1. The first kappa shape index (κ1) is 25.6. The highest BCUT2D eigenvalue weighted by atomic mass is 32.2. The van der Waals surface area contributed by atoms with Crippen LogP contribution in [0.3, 0.4) is 0 Å². The molecular weight excluding hydrogens is 485 g/mol. The fourth-order valence-electron chi connectivity index (χ4n) is 3.41. The number of sulfonamides is 1. The molecule has 0 saturated carbocycles. The molecule has 0 aliphatic carbocycles. The van der Waals surface area contributed by atoms with Crippen LogP contribution >= 0.6 is 0 Å². The third-order valence-electron chi connectivity index (χ3n) is 5.16. The molecule has 0 aromatic heterocycles. The second-order valence-electron chi connectivity index (χ2n) is 7.65. The Balaban J connectivity index is 1.52. The largest absolute Gasteiger partial charge is 0.416 e. The van der Waals surface area contributed by atoms with Crippen LogP contribution in [0.4, 0.5) is 27.6 Å². The molecule has 34 heavy (non-hydrogen) atoms. The summed E-state index contributed by atoms with van der Waals surface area (Å²) in [4.78, 5) is 25.2. The minimum atomic E-state index is -4.69. The number of likely N-dealkylation sites (tertiary alicyclic amines) is 1. The van der Waals surface area contributed by atoms with Crippen LogP contribution < -0.4 is 10.0 Å². The van der Waals surface area contributed by atoms with E-state index in [1.165, 1.54) is 4.90 Å². The van der Waals surface area contributed by atoms with Crippen LogP contribution in [0.2, 0.25) is 0 Å². The molecule has 1 aliphatic heterocycles. The zero-order chi connectivity index (χ0) is 25.1. The van der Waals surface area contributed by atoms with E-state index in [0.29, 0.717) is 12.1 Å². The number of anilines is 1. The molecule has 3 rings (SSSR count). The Kier molecular flexibility index (Phi) is 7.56. The fourth-order valence-corrected chi connectivity index (χ4v) is 4.76. The zero-order valence-electron chi connectivity index (χ0n) is 17.5. The van der Waals surface area contributed by atoms with E-state index in [1.807, 2.05) is 0 Å². The molecule has 7 nitrogen and oxygen atoms in total. The molecule has 2 N–H and O–H groups in total. The van der Waals surface area contributed by atoms with Crippen molar-refractivity contribution in [3.05, 3.63) is 59.7 Å². The van der Waals surface area contributed by atoms with Gasteiger partial charge in [0.15, 0.2) is 0 Å². The average Bonchev–Trinajstić information content (AvgIpc) is 2.75. The van der Waals surface area contributed by atoms with E-state index in [4.69, 9.17) is 0 Å². The monoisotopic (exact) mass is 505 g/mol. The van der Waals surface area contributed by atoms with Gasteiger partial charge in [-0.3, -0.25) is 9.59 Å². The number of carbonyl (C=O) groups excluding carboxylic acids is 2. The van der Waals surface area contributed by atoms with Gasteiger partial charge in [0.2, 0.25) is 21.8 Å². The van der Waals surface area contributed by atoms with E-state index in [9.17, 15) is 40.0 Å². The molecule has 2 aromatic rings. The van der Waals surface area contributed by atoms with Gasteiger partial charge in [-0.15, -0.1) is 0 Å². The minimum absolute atomic E-state index is 0.104. The first-order chi connectivity index (χ1) is 15.8. The molecule has 0 unspecified atom stereocenters. The third-order valence-corrected chi connectivity index (χ3v) is 6.68. The van der Waals surface area contributed by atoms with Gasteiger partial charge in [-0.25, -0.2) is 21.9 Å². The zero-order valence-corrected chi connectivity index (χ0v) is 18.3. The van der Waals surface area contributed by atoms with Crippen LogP contribution in [0.5, 0.6) is 0 Å². The van der Waals surface area contributed by atoms with Crippen molar-refractivity contribution in [2.24, 2.45) is 0 Å². The van der Waals surface area contributed by atoms with E-state index in [2.05, 4.69) is 10.0 Å². The number of amides is 2. The number of carbonyl (C=O) groups is 2. The summed E-state index contributed by atoms with van der Waals surface area (Å²) in [5.41, 5.74) is -1.36. The van der Waals surface area contributed by atoms with Crippen LogP contribution in [0.1, 0.15) is 24.8 Å². The topological polar surface area (TPSA) is 95.6 Å². The van der Waals surface area contributed by atoms with Crippen LogP contribution in [0, 0.1) is 11.6 Å². The van der Waals surface area contributed by atoms with Gasteiger partial charge < -0.3 is 10.2 Å². The first-order valence-corrected chi connectivity index (χ1v) is 11.6. The number of benzene rings is 2. The summed E-state index contributed by atoms with van der Waals surface area (Å²) in [5.74, 6) is -3.19. The Morgan fingerprint density at radius 1 is 1.03 bits per heavy atom. The number of alkyl halides is 3. The Morgan fingerprint density at radius 3 is 2.32 bits per heavy atom. The number of piperidine rings is 1. The van der Waals surface area contributed by atoms with Crippen molar-refractivity contribution in [2.45, 2.75) is 36.4 Å². The average molecular weight is 505 g/mol. The molecule has 0 atom stereocenters. The maximum Gasteiger partial charge on any atom is 0.416 e. The standard InChI is InChI=1S/C21H20F5N3O4S/c22-14-4-5-18(17(23)11-14)27-19(30)12-20(31)29-8-6-15(7-9-29)28-34(32,33)16-3-1-2-13(10-16)21(24,25)26/h1-5,10-11,15,28H,6-9,12H2,(H,27,30). The number of halogens is 5. The van der Waals surface area contributed by atoms with Crippen molar-refractivity contribution in [1.82, 2.24) is 9.62 Å². The Hall–Kier alpha value is -3.06. The summed E-state index contributed by atoms with van der Waals surface area (Å²) < 4.78 is 92.5. The SMILES string of the molecule is O=C(CC(=O)N1CCC(NS(=O)(=O)c2cccc(C(F)(F)F)c2)CC1)Nc1ccc(F)cc1F. The molecule has 0 spiro atoms. The predicted octanol–water partition coefficient (Wildman–Crippen LogP) is 3.28. The number of nitrogens with one attached hydrogen (secondary N) is 2. The van der Waals surface area contributed by atoms with Gasteiger partial charge >= 0.3 is 6.18 Å². The van der Waals surface area contributed by atoms with Crippen molar-refractivity contribution in [1.29, 1.82) is 0 Å². The first-order valence-electron chi connectivity index (χ1n) is 10.1. The molecular formula is C21H20F5N3O4S. The van der Waals surface area contributed by atoms with Gasteiger partial charge in [0.05, 0.1) is 16.1 Å². The summed E-state index contributed by atoms with van der Waals surface area (Å²) in [6.45, 7) is 0.208. The van der Waals surface area contributed by atoms with Gasteiger partial charge in [0, 0.05) is 25.2 Å². The molecule has 2 amide bonds. The Bertz CT molecular complexity index is 1180. The highest BCUT2D eigenvalue weighted by molar-refractivity contribution is 7.89. The highest BCUT2D eigenvalue weighted by Gasteiger charge is 2.33. The second kappa shape index (κ2) is 10.1. The molecule has 13 heteroatoms. The molecule has 0 bridgehead atoms. The third kappa shape index (κ3) is 6.50. The van der Waals surface area contributed by atoms with E-state index < -0.39 is 62.6 Å². The summed E-state index contributed by atoms with van der Waals surface area (Å²) in [6, 6.07) is 5.31. The van der Waals surface area contributed by atoms with Gasteiger partial charge in [0.1, 0.15) is 18.1 Å². The van der Waals surface area contributed by atoms with E-state index in [1.54, 1.807) is 0 Å². The number of hydrogen-bond acceptors (Lipinski definition) is 4. The minimum Gasteiger partial charge on any atom is -0.342 e. The van der Waals surface area contributed by atoms with Gasteiger partial charge in [-0.2, -0.15) is 13.2 Å². The molecule has 184 valence electrons. The van der Waals surface area contributed by atoms with Crippen molar-refractivity contribution < 1.29 is 40.0 Å². The van der Waals surface area contributed by atoms with Gasteiger partial charge in [0.25, 0.3) is 0 Å². The van der Waals surface area contributed by atoms with Crippen molar-refractivity contribution in [3.8, 4) is 0 Å². The maximum absolute atomic E-state index is 13.6. The lowest BCUT2D eigenvalue weighted by molar-refractivity contribution is -0.138. The summed E-state index contributed by atoms with van der Waals surface area (Å²) in [6.07, 6.45) is -4.93. The van der Waals surface area contributed by atoms with Gasteiger partial charge in [-0.1, -0.05) is 6.07 Å². The Morgan fingerprint density at radius 2 is 1.71 bits per heavy atom. The molecule has 1 fully saturated rings. The van der Waals surface area contributed by atoms with E-state index in [-0.39, 0.29) is 31.6 Å². The lowest BCUT2D eigenvalue weighted by Crippen LogP contribution is -2.47. The molecule has 1 saturated heterocycles. The Labute approximate surface area is 192 Å². The smallest absolute Gasteiger partial charge is 0.342 e. The summed E-state index contributed by atoms with van der Waals surface area (Å²) in [5, 5.41) is 2.18. The second-order valence-corrected chi connectivity index (χ2v) is 9.37. The summed E-state index contributed by atoms with van der Waals surface area (Å²) >= 11 is 0. The predicted molar refractivity (Wildman–Crippen MR) is 111 cm³/mol. The lowest BCUT2D eigenvalue weighted by atomic mass is 10.1. The quantitative estimate of drug-likeness (QED) is 0.465. The molecule has 0 radical (unpaired) electrons. The molecule has 1 aliphatic rings. The van der Waals surface area contributed by atoms with Crippen molar-refractivity contribution in [3.63, 3.8) is 0 Å². The van der Waals surface area contributed by atoms with Crippen molar-refractivity contribution >= 4 is 27.5 Å². The van der Waals surface area contributed by atoms with Crippen LogP contribution in [0.15, 0.2) is 47.4 Å². The molecule has 2 aromatic carbocycles. The van der Waals surface area contributed by atoms with E-state index in [0.717, 1.165) is 30.3 Å². The lowest BCUT2D eigenvalue weighted by Gasteiger charge is -2.32. The summed E-state index contributed by atoms with van der Waals surface area (Å²) in [7, 11) is -4.22. The number of hydrogen-bond donors (Lipinski definition) is 2. The maximum atomic E-state index is 13.6. The van der Waals surface area contributed by atoms with Crippen molar-refractivity contribution in [2.75, 3.05) is 18.4 Å².